The first-order chi connectivity index (χ1) is 14.6. The lowest BCUT2D eigenvalue weighted by Gasteiger charge is -2.43. The van der Waals surface area contributed by atoms with E-state index < -0.39 is 0 Å². The van der Waals surface area contributed by atoms with Crippen molar-refractivity contribution in [1.82, 2.24) is 15.5 Å². The van der Waals surface area contributed by atoms with Crippen LogP contribution in [0.2, 0.25) is 0 Å². The summed E-state index contributed by atoms with van der Waals surface area (Å²) in [6.07, 6.45) is 3.06. The van der Waals surface area contributed by atoms with Crippen molar-refractivity contribution in [2.45, 2.75) is 30.7 Å². The second kappa shape index (κ2) is 11.1. The van der Waals surface area contributed by atoms with E-state index in [1.165, 1.54) is 11.1 Å². The Morgan fingerprint density at radius 1 is 1.00 bits per heavy atom. The van der Waals surface area contributed by atoms with E-state index >= 15 is 0 Å². The molecule has 1 fully saturated rings. The monoisotopic (exact) mass is 408 g/mol. The first-order valence-electron chi connectivity index (χ1n) is 10.9. The molecule has 0 radical (unpaired) electrons. The van der Waals surface area contributed by atoms with Crippen molar-refractivity contribution in [3.05, 3.63) is 71.8 Å². The molecule has 0 spiro atoms. The van der Waals surface area contributed by atoms with Gasteiger partial charge in [0, 0.05) is 44.8 Å². The molecule has 5 heteroatoms. The number of hydrogen-bond donors (Lipinski definition) is 2. The average Bonchev–Trinajstić information content (AvgIpc) is 2.80. The Labute approximate surface area is 181 Å². The first kappa shape index (κ1) is 22.3. The molecule has 3 rings (SSSR count). The summed E-state index contributed by atoms with van der Waals surface area (Å²) in [5, 5.41) is 7.15. The molecule has 2 aromatic carbocycles. The van der Waals surface area contributed by atoms with Gasteiger partial charge in [-0.3, -0.25) is 4.99 Å². The maximum Gasteiger partial charge on any atom is 0.191 e. The van der Waals surface area contributed by atoms with E-state index in [-0.39, 0.29) is 5.54 Å². The number of hydrogen-bond acceptors (Lipinski definition) is 3. The van der Waals surface area contributed by atoms with Gasteiger partial charge in [0.15, 0.2) is 5.96 Å². The van der Waals surface area contributed by atoms with Crippen LogP contribution in [-0.2, 0) is 11.2 Å². The van der Waals surface area contributed by atoms with Gasteiger partial charge in [-0.1, -0.05) is 60.7 Å². The molecule has 0 saturated carbocycles. The highest BCUT2D eigenvalue weighted by Crippen LogP contribution is 2.25. The van der Waals surface area contributed by atoms with Gasteiger partial charge in [-0.05, 0) is 44.5 Å². The summed E-state index contributed by atoms with van der Waals surface area (Å²) < 4.78 is 5.59. The van der Waals surface area contributed by atoms with Crippen LogP contribution in [-0.4, -0.2) is 63.8 Å². The summed E-state index contributed by atoms with van der Waals surface area (Å²) in [7, 11) is 6.17. The van der Waals surface area contributed by atoms with Gasteiger partial charge in [0.1, 0.15) is 0 Å². The fourth-order valence-electron chi connectivity index (χ4n) is 4.15. The smallest absolute Gasteiger partial charge is 0.191 e. The van der Waals surface area contributed by atoms with Gasteiger partial charge in [-0.25, -0.2) is 0 Å². The van der Waals surface area contributed by atoms with E-state index in [4.69, 9.17) is 4.74 Å². The molecule has 0 amide bonds. The maximum atomic E-state index is 5.59. The number of nitrogens with zero attached hydrogens (tertiary/aromatic N) is 2. The lowest BCUT2D eigenvalue weighted by atomic mass is 9.88. The standard InChI is InChI=1S/C25H36N4O/c1-26-24(28-20-25(29(2)3)14-16-30-17-15-25)27-19-23(22-12-8-5-9-13-22)18-21-10-6-4-7-11-21/h4-13,23H,14-20H2,1-3H3,(H2,26,27,28). The minimum absolute atomic E-state index is 0.110. The third-order valence-electron chi connectivity index (χ3n) is 6.29. The third kappa shape index (κ3) is 6.07. The Kier molecular flexibility index (Phi) is 8.29. The van der Waals surface area contributed by atoms with Crippen molar-refractivity contribution in [3.63, 3.8) is 0 Å². The average molecular weight is 409 g/mol. The van der Waals surface area contributed by atoms with Crippen molar-refractivity contribution < 1.29 is 4.74 Å². The largest absolute Gasteiger partial charge is 0.381 e. The van der Waals surface area contributed by atoms with E-state index in [0.717, 1.165) is 51.5 Å². The number of aliphatic imine (C=N–C) groups is 1. The van der Waals surface area contributed by atoms with Crippen LogP contribution in [0.3, 0.4) is 0 Å². The predicted molar refractivity (Wildman–Crippen MR) is 125 cm³/mol. The van der Waals surface area contributed by atoms with E-state index in [9.17, 15) is 0 Å². The summed E-state index contributed by atoms with van der Waals surface area (Å²) in [6, 6.07) is 21.4. The normalized spacial score (nSPS) is 17.5. The van der Waals surface area contributed by atoms with Crippen molar-refractivity contribution in [2.24, 2.45) is 4.99 Å². The van der Waals surface area contributed by atoms with Crippen LogP contribution in [0, 0.1) is 0 Å². The second-order valence-electron chi connectivity index (χ2n) is 8.34. The summed E-state index contributed by atoms with van der Waals surface area (Å²) in [6.45, 7) is 3.33. The zero-order valence-electron chi connectivity index (χ0n) is 18.6. The van der Waals surface area contributed by atoms with Gasteiger partial charge < -0.3 is 20.3 Å². The Bertz CT molecular complexity index is 770. The number of guanidine groups is 1. The van der Waals surface area contributed by atoms with Crippen LogP contribution in [0.15, 0.2) is 65.7 Å². The molecule has 1 aliphatic rings. The third-order valence-corrected chi connectivity index (χ3v) is 6.29. The fourth-order valence-corrected chi connectivity index (χ4v) is 4.15. The van der Waals surface area contributed by atoms with Crippen LogP contribution >= 0.6 is 0 Å². The lowest BCUT2D eigenvalue weighted by Crippen LogP contribution is -2.57. The molecular weight excluding hydrogens is 372 g/mol. The Balaban J connectivity index is 1.63. The first-order valence-corrected chi connectivity index (χ1v) is 10.9. The summed E-state index contributed by atoms with van der Waals surface area (Å²) >= 11 is 0. The number of ether oxygens (including phenoxy) is 1. The quantitative estimate of drug-likeness (QED) is 0.520. The van der Waals surface area contributed by atoms with Crippen molar-refractivity contribution in [3.8, 4) is 0 Å². The van der Waals surface area contributed by atoms with Gasteiger partial charge in [-0.2, -0.15) is 0 Å². The molecular formula is C25H36N4O. The van der Waals surface area contributed by atoms with Gasteiger partial charge in [-0.15, -0.1) is 0 Å². The molecule has 5 nitrogen and oxygen atoms in total. The molecule has 0 aliphatic carbocycles. The van der Waals surface area contributed by atoms with Gasteiger partial charge in [0.2, 0.25) is 0 Å². The number of nitrogens with one attached hydrogen (secondary N) is 2. The predicted octanol–water partition coefficient (Wildman–Crippen LogP) is 3.29. The van der Waals surface area contributed by atoms with E-state index in [0.29, 0.717) is 5.92 Å². The summed E-state index contributed by atoms with van der Waals surface area (Å²) in [5.41, 5.74) is 2.81. The highest BCUT2D eigenvalue weighted by molar-refractivity contribution is 5.79. The van der Waals surface area contributed by atoms with Gasteiger partial charge in [0.05, 0.1) is 0 Å². The summed E-state index contributed by atoms with van der Waals surface area (Å²) in [4.78, 5) is 6.81. The van der Waals surface area contributed by atoms with Crippen LogP contribution in [0.4, 0.5) is 0 Å². The van der Waals surface area contributed by atoms with Gasteiger partial charge >= 0.3 is 0 Å². The second-order valence-corrected chi connectivity index (χ2v) is 8.34. The number of rotatable bonds is 8. The van der Waals surface area contributed by atoms with Gasteiger partial charge in [0.25, 0.3) is 0 Å². The molecule has 30 heavy (non-hydrogen) atoms. The minimum atomic E-state index is 0.110. The molecule has 2 aromatic rings. The van der Waals surface area contributed by atoms with E-state index in [1.54, 1.807) is 0 Å². The Hall–Kier alpha value is -2.37. The van der Waals surface area contributed by atoms with Crippen molar-refractivity contribution in [1.29, 1.82) is 0 Å². The SMILES string of the molecule is CN=C(NCC(Cc1ccccc1)c1ccccc1)NCC1(N(C)C)CCOCC1. The molecule has 162 valence electrons. The highest BCUT2D eigenvalue weighted by atomic mass is 16.5. The maximum absolute atomic E-state index is 5.59. The minimum Gasteiger partial charge on any atom is -0.381 e. The fraction of sp³-hybridized carbons (Fsp3) is 0.480. The van der Waals surface area contributed by atoms with Crippen molar-refractivity contribution in [2.75, 3.05) is 47.4 Å². The highest BCUT2D eigenvalue weighted by Gasteiger charge is 2.34. The van der Waals surface area contributed by atoms with Crippen LogP contribution in [0.5, 0.6) is 0 Å². The molecule has 1 atom stereocenters. The van der Waals surface area contributed by atoms with Crippen LogP contribution in [0.1, 0.15) is 29.9 Å². The number of benzene rings is 2. The molecule has 0 bridgehead atoms. The molecule has 1 heterocycles. The van der Waals surface area contributed by atoms with Crippen molar-refractivity contribution >= 4 is 5.96 Å². The molecule has 2 N–H and O–H groups in total. The summed E-state index contributed by atoms with van der Waals surface area (Å²) in [5.74, 6) is 1.23. The topological polar surface area (TPSA) is 48.9 Å². The van der Waals surface area contributed by atoms with E-state index in [1.807, 2.05) is 7.05 Å². The van der Waals surface area contributed by atoms with E-state index in [2.05, 4.69) is 95.3 Å². The zero-order chi connectivity index (χ0) is 21.2. The number of likely N-dealkylation sites (N-methyl/N-ethyl adjacent to an activating group) is 1. The molecule has 1 saturated heterocycles. The lowest BCUT2D eigenvalue weighted by molar-refractivity contribution is -0.00501. The van der Waals surface area contributed by atoms with Crippen LogP contribution in [0.25, 0.3) is 0 Å². The Morgan fingerprint density at radius 2 is 1.63 bits per heavy atom. The molecule has 1 aliphatic heterocycles. The van der Waals surface area contributed by atoms with Crippen LogP contribution < -0.4 is 10.6 Å². The molecule has 1 unspecified atom stereocenters. The molecule has 0 aromatic heterocycles. The Morgan fingerprint density at radius 3 is 2.23 bits per heavy atom. The zero-order valence-corrected chi connectivity index (χ0v) is 18.6.